The molecule has 4 rings (SSSR count). The van der Waals surface area contributed by atoms with Gasteiger partial charge in [0.1, 0.15) is 11.6 Å². The first-order valence-electron chi connectivity index (χ1n) is 12.1. The molecule has 2 fully saturated rings. The van der Waals surface area contributed by atoms with E-state index in [1.54, 1.807) is 24.3 Å². The van der Waals surface area contributed by atoms with Gasteiger partial charge in [-0.1, -0.05) is 6.92 Å². The Hall–Kier alpha value is -2.97. The van der Waals surface area contributed by atoms with E-state index in [4.69, 9.17) is 4.74 Å². The van der Waals surface area contributed by atoms with Crippen LogP contribution in [0.25, 0.3) is 0 Å². The number of amides is 2. The van der Waals surface area contributed by atoms with E-state index in [9.17, 15) is 14.0 Å². The smallest absolute Gasteiger partial charge is 0.251 e. The molecule has 2 amide bonds. The van der Waals surface area contributed by atoms with Gasteiger partial charge in [-0.2, -0.15) is 0 Å². The Morgan fingerprint density at radius 1 is 0.971 bits per heavy atom. The molecular formula is C26H33FN4O3. The Balaban J connectivity index is 1.18. The van der Waals surface area contributed by atoms with E-state index in [1.165, 1.54) is 17.0 Å². The molecule has 8 heteroatoms. The highest BCUT2D eigenvalue weighted by Gasteiger charge is 2.39. The van der Waals surface area contributed by atoms with Gasteiger partial charge in [0.25, 0.3) is 5.91 Å². The van der Waals surface area contributed by atoms with E-state index >= 15 is 0 Å². The summed E-state index contributed by atoms with van der Waals surface area (Å²) in [7, 11) is 0. The third-order valence-electron chi connectivity index (χ3n) is 6.32. The average Bonchev–Trinajstić information content (AvgIpc) is 3.14. The van der Waals surface area contributed by atoms with Crippen LogP contribution >= 0.6 is 0 Å². The summed E-state index contributed by atoms with van der Waals surface area (Å²) in [5.74, 6) is 0.148. The maximum absolute atomic E-state index is 13.1. The molecular weight excluding hydrogens is 435 g/mol. The van der Waals surface area contributed by atoms with Gasteiger partial charge in [0.15, 0.2) is 0 Å². The van der Waals surface area contributed by atoms with E-state index in [1.807, 2.05) is 19.1 Å². The highest BCUT2D eigenvalue weighted by Crippen LogP contribution is 2.25. The molecule has 7 nitrogen and oxygen atoms in total. The van der Waals surface area contributed by atoms with Crippen molar-refractivity contribution in [2.75, 3.05) is 55.7 Å². The number of piperazine rings is 1. The molecule has 2 saturated heterocycles. The standard InChI is InChI=1S/C26H33FN4O3/c1-2-18-34-23-10-8-22(9-11-23)31-25(32)19-24(26(31)33)28-12-3-13-29-14-16-30(17-15-29)21-6-4-20(27)5-7-21/h4-11,24,28H,2-3,12-19H2,1H3. The number of hydrogen-bond donors (Lipinski definition) is 1. The number of carbonyl (C=O) groups excluding carboxylic acids is 2. The molecule has 0 saturated carbocycles. The summed E-state index contributed by atoms with van der Waals surface area (Å²) in [4.78, 5) is 31.3. The Morgan fingerprint density at radius 2 is 1.65 bits per heavy atom. The van der Waals surface area contributed by atoms with Crippen molar-refractivity contribution in [3.63, 3.8) is 0 Å². The number of hydrogen-bond acceptors (Lipinski definition) is 6. The van der Waals surface area contributed by atoms with Gasteiger partial charge >= 0.3 is 0 Å². The van der Waals surface area contributed by atoms with Crippen LogP contribution in [0.2, 0.25) is 0 Å². The van der Waals surface area contributed by atoms with Crippen molar-refractivity contribution in [3.05, 3.63) is 54.3 Å². The predicted molar refractivity (Wildman–Crippen MR) is 131 cm³/mol. The number of benzene rings is 2. The first-order valence-corrected chi connectivity index (χ1v) is 12.1. The molecule has 0 bridgehead atoms. The van der Waals surface area contributed by atoms with Gasteiger partial charge in [0.05, 0.1) is 24.8 Å². The van der Waals surface area contributed by atoms with E-state index in [0.29, 0.717) is 18.8 Å². The van der Waals surface area contributed by atoms with Crippen molar-refractivity contribution in [1.82, 2.24) is 10.2 Å². The summed E-state index contributed by atoms with van der Waals surface area (Å²) in [5, 5.41) is 3.27. The van der Waals surface area contributed by atoms with Gasteiger partial charge in [0.2, 0.25) is 5.91 Å². The topological polar surface area (TPSA) is 65.1 Å². The zero-order valence-corrected chi connectivity index (χ0v) is 19.7. The first kappa shape index (κ1) is 24.2. The van der Waals surface area contributed by atoms with Crippen LogP contribution in [0.4, 0.5) is 15.8 Å². The van der Waals surface area contributed by atoms with Gasteiger partial charge in [-0.05, 0) is 74.5 Å². The molecule has 1 N–H and O–H groups in total. The molecule has 2 aliphatic heterocycles. The van der Waals surface area contributed by atoms with Crippen LogP contribution in [0.3, 0.4) is 0 Å². The average molecular weight is 469 g/mol. The van der Waals surface area contributed by atoms with Crippen molar-refractivity contribution in [2.45, 2.75) is 32.2 Å². The number of imide groups is 1. The monoisotopic (exact) mass is 468 g/mol. The number of anilines is 2. The largest absolute Gasteiger partial charge is 0.494 e. The molecule has 0 radical (unpaired) electrons. The van der Waals surface area contributed by atoms with Crippen LogP contribution in [0.15, 0.2) is 48.5 Å². The van der Waals surface area contributed by atoms with Crippen molar-refractivity contribution in [3.8, 4) is 5.75 Å². The minimum atomic E-state index is -0.473. The summed E-state index contributed by atoms with van der Waals surface area (Å²) in [5.41, 5.74) is 1.64. The normalized spacial score (nSPS) is 19.2. The summed E-state index contributed by atoms with van der Waals surface area (Å²) in [6.45, 7) is 8.00. The van der Waals surface area contributed by atoms with Crippen LogP contribution < -0.4 is 19.9 Å². The summed E-state index contributed by atoms with van der Waals surface area (Å²) in [6.07, 6.45) is 2.01. The lowest BCUT2D eigenvalue weighted by atomic mass is 10.2. The molecule has 0 aromatic heterocycles. The Labute approximate surface area is 200 Å². The number of nitrogens with one attached hydrogen (secondary N) is 1. The van der Waals surface area contributed by atoms with Crippen LogP contribution in [0.5, 0.6) is 5.75 Å². The molecule has 0 aliphatic carbocycles. The number of halogens is 1. The van der Waals surface area contributed by atoms with E-state index < -0.39 is 6.04 Å². The minimum absolute atomic E-state index is 0.179. The summed E-state index contributed by atoms with van der Waals surface area (Å²) in [6, 6.07) is 13.3. The molecule has 2 aromatic rings. The van der Waals surface area contributed by atoms with Gasteiger partial charge in [-0.25, -0.2) is 9.29 Å². The fraction of sp³-hybridized carbons (Fsp3) is 0.462. The lowest BCUT2D eigenvalue weighted by Crippen LogP contribution is -2.47. The highest BCUT2D eigenvalue weighted by molar-refractivity contribution is 6.22. The van der Waals surface area contributed by atoms with E-state index in [-0.39, 0.29) is 24.1 Å². The second-order valence-electron chi connectivity index (χ2n) is 8.78. The van der Waals surface area contributed by atoms with Gasteiger partial charge in [-0.15, -0.1) is 0 Å². The Morgan fingerprint density at radius 3 is 2.32 bits per heavy atom. The second kappa shape index (κ2) is 11.4. The van der Waals surface area contributed by atoms with Gasteiger partial charge < -0.3 is 15.0 Å². The third kappa shape index (κ3) is 5.93. The number of nitrogens with zero attached hydrogens (tertiary/aromatic N) is 3. The molecule has 0 spiro atoms. The van der Waals surface area contributed by atoms with Gasteiger partial charge in [-0.3, -0.25) is 14.5 Å². The Bertz CT molecular complexity index is 959. The molecule has 1 unspecified atom stereocenters. The van der Waals surface area contributed by atoms with Gasteiger partial charge in [0, 0.05) is 31.9 Å². The van der Waals surface area contributed by atoms with Crippen molar-refractivity contribution >= 4 is 23.2 Å². The zero-order valence-electron chi connectivity index (χ0n) is 19.7. The number of ether oxygens (including phenoxy) is 1. The van der Waals surface area contributed by atoms with Crippen molar-refractivity contribution < 1.29 is 18.7 Å². The molecule has 2 aliphatic rings. The van der Waals surface area contributed by atoms with Crippen molar-refractivity contribution in [1.29, 1.82) is 0 Å². The van der Waals surface area contributed by atoms with E-state index in [0.717, 1.165) is 57.0 Å². The first-order chi connectivity index (χ1) is 16.5. The fourth-order valence-electron chi connectivity index (χ4n) is 4.43. The molecule has 2 aromatic carbocycles. The molecule has 182 valence electrons. The molecule has 34 heavy (non-hydrogen) atoms. The third-order valence-corrected chi connectivity index (χ3v) is 6.32. The summed E-state index contributed by atoms with van der Waals surface area (Å²) < 4.78 is 18.7. The summed E-state index contributed by atoms with van der Waals surface area (Å²) >= 11 is 0. The lowest BCUT2D eigenvalue weighted by molar-refractivity contribution is -0.121. The maximum atomic E-state index is 13.1. The van der Waals surface area contributed by atoms with E-state index in [2.05, 4.69) is 15.1 Å². The molecule has 2 heterocycles. The molecule has 1 atom stereocenters. The number of rotatable bonds is 10. The second-order valence-corrected chi connectivity index (χ2v) is 8.78. The lowest BCUT2D eigenvalue weighted by Gasteiger charge is -2.36. The highest BCUT2D eigenvalue weighted by atomic mass is 19.1. The zero-order chi connectivity index (χ0) is 23.9. The van der Waals surface area contributed by atoms with Crippen molar-refractivity contribution in [2.24, 2.45) is 0 Å². The SMILES string of the molecule is CCCOc1ccc(N2C(=O)CC(NCCCN3CCN(c4ccc(F)cc4)CC3)C2=O)cc1. The van der Waals surface area contributed by atoms with Crippen LogP contribution in [-0.2, 0) is 9.59 Å². The predicted octanol–water partition coefficient (Wildman–Crippen LogP) is 3.05. The number of carbonyl (C=O) groups is 2. The quantitative estimate of drug-likeness (QED) is 0.427. The van der Waals surface area contributed by atoms with Crippen LogP contribution in [-0.4, -0.2) is 68.6 Å². The maximum Gasteiger partial charge on any atom is 0.251 e. The van der Waals surface area contributed by atoms with Crippen LogP contribution in [0.1, 0.15) is 26.2 Å². The van der Waals surface area contributed by atoms with Crippen LogP contribution in [0, 0.1) is 5.82 Å². The Kier molecular flexibility index (Phi) is 8.13. The fourth-order valence-corrected chi connectivity index (χ4v) is 4.43. The minimum Gasteiger partial charge on any atom is -0.494 e.